The van der Waals surface area contributed by atoms with Crippen molar-refractivity contribution in [1.82, 2.24) is 10.1 Å². The van der Waals surface area contributed by atoms with Crippen LogP contribution in [-0.4, -0.2) is 10.1 Å². The first-order valence-corrected chi connectivity index (χ1v) is 5.46. The molecule has 0 atom stereocenters. The molecule has 0 aliphatic rings. The molecule has 0 spiro atoms. The zero-order chi connectivity index (χ0) is 12.0. The van der Waals surface area contributed by atoms with E-state index >= 15 is 0 Å². The van der Waals surface area contributed by atoms with Gasteiger partial charge < -0.3 is 15.2 Å². The van der Waals surface area contributed by atoms with Crippen LogP contribution in [0.1, 0.15) is 11.1 Å². The van der Waals surface area contributed by atoms with Crippen molar-refractivity contribution in [1.29, 1.82) is 0 Å². The fourth-order valence-electron chi connectivity index (χ4n) is 2.18. The molecule has 0 fully saturated rings. The molecule has 3 N–H and O–H groups in total. The Balaban J connectivity index is 2.35. The Kier molecular flexibility index (Phi) is 1.98. The number of benzene rings is 1. The number of hydrogen-bond donors (Lipinski definition) is 2. The largest absolute Gasteiger partial charge is 0.368 e. The van der Waals surface area contributed by atoms with Gasteiger partial charge in [-0.15, -0.1) is 0 Å². The molecule has 0 saturated carbocycles. The fourth-order valence-corrected chi connectivity index (χ4v) is 2.18. The summed E-state index contributed by atoms with van der Waals surface area (Å²) in [5.74, 6) is 0.333. The van der Waals surface area contributed by atoms with Gasteiger partial charge in [0.15, 0.2) is 0 Å². The summed E-state index contributed by atoms with van der Waals surface area (Å²) in [7, 11) is 0. The van der Waals surface area contributed by atoms with Crippen molar-refractivity contribution >= 4 is 16.8 Å². The molecule has 17 heavy (non-hydrogen) atoms. The van der Waals surface area contributed by atoms with Crippen LogP contribution in [0.25, 0.3) is 22.2 Å². The number of nitrogens with one attached hydrogen (secondary N) is 1. The number of aryl methyl sites for hydroxylation is 2. The number of hydrogen-bond acceptors (Lipinski definition) is 3. The number of aromatic amines is 1. The second kappa shape index (κ2) is 3.38. The summed E-state index contributed by atoms with van der Waals surface area (Å²) in [6, 6.07) is 5.96. The minimum Gasteiger partial charge on any atom is -0.368 e. The van der Waals surface area contributed by atoms with Crippen LogP contribution in [0.2, 0.25) is 0 Å². The first kappa shape index (κ1) is 9.96. The first-order valence-electron chi connectivity index (χ1n) is 5.46. The monoisotopic (exact) mass is 227 g/mol. The number of nitrogen functional groups attached to an aromatic ring is 1. The third-order valence-corrected chi connectivity index (χ3v) is 3.06. The SMILES string of the molecule is Cc1ccc(C)c2c(-c3cc(N)on3)c[nH]c12. The second-order valence-corrected chi connectivity index (χ2v) is 4.27. The van der Waals surface area contributed by atoms with Crippen molar-refractivity contribution in [2.45, 2.75) is 13.8 Å². The molecule has 4 nitrogen and oxygen atoms in total. The maximum Gasteiger partial charge on any atom is 0.222 e. The van der Waals surface area contributed by atoms with E-state index in [-0.39, 0.29) is 0 Å². The lowest BCUT2D eigenvalue weighted by molar-refractivity contribution is 0.439. The summed E-state index contributed by atoms with van der Waals surface area (Å²) in [6.45, 7) is 4.17. The summed E-state index contributed by atoms with van der Waals surface area (Å²) < 4.78 is 4.92. The Bertz CT molecular complexity index is 694. The predicted octanol–water partition coefficient (Wildman–Crippen LogP) is 3.02. The quantitative estimate of drug-likeness (QED) is 0.671. The minimum absolute atomic E-state index is 0.333. The van der Waals surface area contributed by atoms with Gasteiger partial charge in [0, 0.05) is 28.7 Å². The molecule has 2 heterocycles. The van der Waals surface area contributed by atoms with Crippen molar-refractivity contribution in [2.75, 3.05) is 5.73 Å². The Hall–Kier alpha value is -2.23. The molecule has 4 heteroatoms. The van der Waals surface area contributed by atoms with Gasteiger partial charge in [0.25, 0.3) is 0 Å². The fraction of sp³-hybridized carbons (Fsp3) is 0.154. The highest BCUT2D eigenvalue weighted by Crippen LogP contribution is 2.32. The average Bonchev–Trinajstić information content (AvgIpc) is 2.89. The van der Waals surface area contributed by atoms with E-state index in [0.717, 1.165) is 16.8 Å². The molecule has 0 aliphatic carbocycles. The molecule has 86 valence electrons. The average molecular weight is 227 g/mol. The molecule has 1 aromatic carbocycles. The number of H-pyrrole nitrogens is 1. The van der Waals surface area contributed by atoms with Gasteiger partial charge in [0.05, 0.1) is 0 Å². The zero-order valence-corrected chi connectivity index (χ0v) is 9.74. The molecule has 3 rings (SSSR count). The van der Waals surface area contributed by atoms with E-state index in [0.29, 0.717) is 5.88 Å². The first-order chi connectivity index (χ1) is 8.16. The number of rotatable bonds is 1. The summed E-state index contributed by atoms with van der Waals surface area (Å²) in [5, 5.41) is 5.14. The Labute approximate surface area is 98.4 Å². The van der Waals surface area contributed by atoms with E-state index in [9.17, 15) is 0 Å². The zero-order valence-electron chi connectivity index (χ0n) is 9.74. The van der Waals surface area contributed by atoms with Crippen LogP contribution in [0.15, 0.2) is 28.9 Å². The molecule has 0 bridgehead atoms. The lowest BCUT2D eigenvalue weighted by Gasteiger charge is -2.01. The highest BCUT2D eigenvalue weighted by molar-refractivity contribution is 5.98. The molecular weight excluding hydrogens is 214 g/mol. The van der Waals surface area contributed by atoms with Gasteiger partial charge >= 0.3 is 0 Å². The predicted molar refractivity (Wildman–Crippen MR) is 67.7 cm³/mol. The van der Waals surface area contributed by atoms with E-state index in [1.807, 2.05) is 6.20 Å². The lowest BCUT2D eigenvalue weighted by atomic mass is 10.0. The molecule has 0 unspecified atom stereocenters. The van der Waals surface area contributed by atoms with Crippen LogP contribution in [0.3, 0.4) is 0 Å². The van der Waals surface area contributed by atoms with Gasteiger partial charge in [-0.05, 0) is 25.0 Å². The number of nitrogens with zero attached hydrogens (tertiary/aromatic N) is 1. The van der Waals surface area contributed by atoms with E-state index < -0.39 is 0 Å². The van der Waals surface area contributed by atoms with Crippen LogP contribution >= 0.6 is 0 Å². The highest BCUT2D eigenvalue weighted by Gasteiger charge is 2.13. The van der Waals surface area contributed by atoms with Gasteiger partial charge in [0.1, 0.15) is 5.69 Å². The molecule has 3 aromatic rings. The van der Waals surface area contributed by atoms with E-state index in [1.54, 1.807) is 6.07 Å². The van der Waals surface area contributed by atoms with Crippen LogP contribution in [0, 0.1) is 13.8 Å². The van der Waals surface area contributed by atoms with E-state index in [2.05, 4.69) is 36.1 Å². The lowest BCUT2D eigenvalue weighted by Crippen LogP contribution is -1.82. The molecule has 0 amide bonds. The van der Waals surface area contributed by atoms with Crippen molar-refractivity contribution < 1.29 is 4.52 Å². The van der Waals surface area contributed by atoms with E-state index in [4.69, 9.17) is 10.3 Å². The van der Waals surface area contributed by atoms with Gasteiger partial charge in [-0.1, -0.05) is 17.3 Å². The maximum atomic E-state index is 5.56. The number of anilines is 1. The van der Waals surface area contributed by atoms with Crippen molar-refractivity contribution in [3.8, 4) is 11.3 Å². The second-order valence-electron chi connectivity index (χ2n) is 4.27. The molecule has 0 radical (unpaired) electrons. The highest BCUT2D eigenvalue weighted by atomic mass is 16.5. The standard InChI is InChI=1S/C13H13N3O/c1-7-3-4-8(2)13-12(7)9(6-15-13)10-5-11(14)17-16-10/h3-6,15H,14H2,1-2H3. The number of aromatic nitrogens is 2. The topological polar surface area (TPSA) is 67.8 Å². The Morgan fingerprint density at radius 2 is 2.00 bits per heavy atom. The van der Waals surface area contributed by atoms with Crippen LogP contribution in [0.5, 0.6) is 0 Å². The number of fused-ring (bicyclic) bond motifs is 1. The van der Waals surface area contributed by atoms with Gasteiger partial charge in [0.2, 0.25) is 5.88 Å². The van der Waals surface area contributed by atoms with E-state index in [1.165, 1.54) is 16.5 Å². The van der Waals surface area contributed by atoms with Crippen molar-refractivity contribution in [2.24, 2.45) is 0 Å². The van der Waals surface area contributed by atoms with Crippen LogP contribution in [-0.2, 0) is 0 Å². The molecule has 2 aromatic heterocycles. The minimum atomic E-state index is 0.333. The van der Waals surface area contributed by atoms with Gasteiger partial charge in [-0.2, -0.15) is 0 Å². The summed E-state index contributed by atoms with van der Waals surface area (Å²) >= 11 is 0. The Morgan fingerprint density at radius 3 is 2.71 bits per heavy atom. The summed E-state index contributed by atoms with van der Waals surface area (Å²) in [5.41, 5.74) is 10.9. The van der Waals surface area contributed by atoms with Gasteiger partial charge in [-0.25, -0.2) is 0 Å². The molecular formula is C13H13N3O. The van der Waals surface area contributed by atoms with Crippen LogP contribution in [0.4, 0.5) is 5.88 Å². The molecule has 0 aliphatic heterocycles. The third kappa shape index (κ3) is 1.41. The number of nitrogens with two attached hydrogens (primary N) is 1. The Morgan fingerprint density at radius 1 is 1.24 bits per heavy atom. The maximum absolute atomic E-state index is 5.56. The third-order valence-electron chi connectivity index (χ3n) is 3.06. The van der Waals surface area contributed by atoms with Crippen molar-refractivity contribution in [3.05, 3.63) is 35.5 Å². The normalized spacial score (nSPS) is 11.2. The molecule has 0 saturated heterocycles. The summed E-state index contributed by atoms with van der Waals surface area (Å²) in [4.78, 5) is 3.28. The van der Waals surface area contributed by atoms with Gasteiger partial charge in [-0.3, -0.25) is 0 Å². The summed E-state index contributed by atoms with van der Waals surface area (Å²) in [6.07, 6.45) is 1.95. The smallest absolute Gasteiger partial charge is 0.222 e. The van der Waals surface area contributed by atoms with Crippen LogP contribution < -0.4 is 5.73 Å². The van der Waals surface area contributed by atoms with Crippen molar-refractivity contribution in [3.63, 3.8) is 0 Å².